The number of para-hydroxylation sites is 1. The lowest BCUT2D eigenvalue weighted by molar-refractivity contribution is 0.259. The van der Waals surface area contributed by atoms with Crippen LogP contribution in [0.5, 0.6) is 5.75 Å². The second kappa shape index (κ2) is 6.20. The van der Waals surface area contributed by atoms with Crippen LogP contribution in [0.1, 0.15) is 41.5 Å². The molecule has 3 heteroatoms. The van der Waals surface area contributed by atoms with Gasteiger partial charge in [-0.1, -0.05) is 40.2 Å². The number of benzene rings is 2. The first-order chi connectivity index (χ1) is 10.1. The summed E-state index contributed by atoms with van der Waals surface area (Å²) in [5.41, 5.74) is 10.2. The van der Waals surface area contributed by atoms with Crippen LogP contribution >= 0.6 is 15.9 Å². The lowest BCUT2D eigenvalue weighted by Gasteiger charge is -2.28. The quantitative estimate of drug-likeness (QED) is 0.873. The predicted octanol–water partition coefficient (Wildman–Crippen LogP) is 4.71. The van der Waals surface area contributed by atoms with E-state index < -0.39 is 0 Å². The van der Waals surface area contributed by atoms with Crippen LogP contribution in [0.3, 0.4) is 0 Å². The van der Waals surface area contributed by atoms with Crippen molar-refractivity contribution in [1.29, 1.82) is 0 Å². The molecule has 0 spiro atoms. The summed E-state index contributed by atoms with van der Waals surface area (Å²) in [5.74, 6) is 1.50. The normalized spacial score (nSPS) is 18.7. The Morgan fingerprint density at radius 1 is 1.29 bits per heavy atom. The largest absolute Gasteiger partial charge is 0.493 e. The van der Waals surface area contributed by atoms with Crippen LogP contribution in [0.15, 0.2) is 46.9 Å². The molecule has 0 saturated carbocycles. The maximum atomic E-state index is 6.46. The van der Waals surface area contributed by atoms with Crippen molar-refractivity contribution in [2.45, 2.75) is 31.7 Å². The van der Waals surface area contributed by atoms with E-state index in [2.05, 4.69) is 59.3 Å². The van der Waals surface area contributed by atoms with Gasteiger partial charge < -0.3 is 10.5 Å². The van der Waals surface area contributed by atoms with Gasteiger partial charge in [0.2, 0.25) is 0 Å². The van der Waals surface area contributed by atoms with Gasteiger partial charge >= 0.3 is 0 Å². The highest BCUT2D eigenvalue weighted by Crippen LogP contribution is 2.38. The lowest BCUT2D eigenvalue weighted by Crippen LogP contribution is -2.20. The molecule has 0 bridgehead atoms. The summed E-state index contributed by atoms with van der Waals surface area (Å²) in [6.45, 7) is 2.89. The van der Waals surface area contributed by atoms with Crippen LogP contribution in [-0.4, -0.2) is 6.61 Å². The average Bonchev–Trinajstić information content (AvgIpc) is 2.46. The highest BCUT2D eigenvalue weighted by molar-refractivity contribution is 9.10. The molecule has 2 N–H and O–H groups in total. The zero-order valence-electron chi connectivity index (χ0n) is 12.2. The Morgan fingerprint density at radius 3 is 2.90 bits per heavy atom. The Kier molecular flexibility index (Phi) is 4.32. The van der Waals surface area contributed by atoms with Gasteiger partial charge in [-0.3, -0.25) is 0 Å². The summed E-state index contributed by atoms with van der Waals surface area (Å²) in [5, 5.41) is 0. The van der Waals surface area contributed by atoms with Gasteiger partial charge in [-0.05, 0) is 60.6 Å². The average molecular weight is 346 g/mol. The van der Waals surface area contributed by atoms with Crippen LogP contribution in [-0.2, 0) is 0 Å². The third-order valence-electron chi connectivity index (χ3n) is 4.11. The Morgan fingerprint density at radius 2 is 2.10 bits per heavy atom. The Labute approximate surface area is 134 Å². The Balaban J connectivity index is 1.81. The van der Waals surface area contributed by atoms with E-state index in [-0.39, 0.29) is 6.04 Å². The standard InChI is InChI=1S/C18H20BrNO/c1-12-8-14(10-15(19)9-12)17(20)11-13-6-7-21-18-5-3-2-4-16(13)18/h2-5,8-10,13,17H,6-7,11,20H2,1H3. The van der Waals surface area contributed by atoms with E-state index in [1.807, 2.05) is 6.07 Å². The molecular weight excluding hydrogens is 326 g/mol. The SMILES string of the molecule is Cc1cc(Br)cc(C(N)CC2CCOc3ccccc32)c1. The van der Waals surface area contributed by atoms with Crippen LogP contribution in [0, 0.1) is 6.92 Å². The van der Waals surface area contributed by atoms with Crippen LogP contribution in [0.2, 0.25) is 0 Å². The van der Waals surface area contributed by atoms with E-state index >= 15 is 0 Å². The Hall–Kier alpha value is -1.32. The molecule has 21 heavy (non-hydrogen) atoms. The summed E-state index contributed by atoms with van der Waals surface area (Å²) in [6.07, 6.45) is 1.99. The number of hydrogen-bond donors (Lipinski definition) is 1. The van der Waals surface area contributed by atoms with Crippen LogP contribution in [0.4, 0.5) is 0 Å². The zero-order valence-corrected chi connectivity index (χ0v) is 13.8. The molecule has 0 aromatic heterocycles. The summed E-state index contributed by atoms with van der Waals surface area (Å²) < 4.78 is 6.83. The first-order valence-electron chi connectivity index (χ1n) is 7.38. The third kappa shape index (κ3) is 3.30. The van der Waals surface area contributed by atoms with Crippen LogP contribution < -0.4 is 10.5 Å². The van der Waals surface area contributed by atoms with Gasteiger partial charge in [0.05, 0.1) is 6.61 Å². The number of ether oxygens (including phenoxy) is 1. The van der Waals surface area contributed by atoms with Crippen molar-refractivity contribution in [3.8, 4) is 5.75 Å². The molecule has 2 atom stereocenters. The zero-order chi connectivity index (χ0) is 14.8. The van der Waals surface area contributed by atoms with Crippen molar-refractivity contribution >= 4 is 15.9 Å². The molecule has 0 saturated heterocycles. The maximum absolute atomic E-state index is 6.46. The highest BCUT2D eigenvalue weighted by atomic mass is 79.9. The number of nitrogens with two attached hydrogens (primary N) is 1. The molecule has 0 aliphatic carbocycles. The van der Waals surface area contributed by atoms with Crippen LogP contribution in [0.25, 0.3) is 0 Å². The lowest BCUT2D eigenvalue weighted by atomic mass is 9.85. The number of fused-ring (bicyclic) bond motifs is 1. The first-order valence-corrected chi connectivity index (χ1v) is 8.17. The first kappa shape index (κ1) is 14.6. The maximum Gasteiger partial charge on any atom is 0.122 e. The highest BCUT2D eigenvalue weighted by Gasteiger charge is 2.23. The van der Waals surface area contributed by atoms with E-state index in [0.29, 0.717) is 5.92 Å². The van der Waals surface area contributed by atoms with E-state index in [0.717, 1.165) is 29.7 Å². The predicted molar refractivity (Wildman–Crippen MR) is 89.7 cm³/mol. The van der Waals surface area contributed by atoms with Crippen molar-refractivity contribution in [3.05, 3.63) is 63.6 Å². The van der Waals surface area contributed by atoms with Gasteiger partial charge in [0.1, 0.15) is 5.75 Å². The fourth-order valence-electron chi connectivity index (χ4n) is 3.08. The second-order valence-corrected chi connectivity index (χ2v) is 6.69. The van der Waals surface area contributed by atoms with Gasteiger partial charge in [0.15, 0.2) is 0 Å². The minimum absolute atomic E-state index is 0.0531. The van der Waals surface area contributed by atoms with Crippen molar-refractivity contribution in [3.63, 3.8) is 0 Å². The summed E-state index contributed by atoms with van der Waals surface area (Å²) in [4.78, 5) is 0. The fraction of sp³-hybridized carbons (Fsp3) is 0.333. The summed E-state index contributed by atoms with van der Waals surface area (Å²) in [6, 6.07) is 14.8. The molecule has 0 radical (unpaired) electrons. The topological polar surface area (TPSA) is 35.2 Å². The summed E-state index contributed by atoms with van der Waals surface area (Å²) in [7, 11) is 0. The van der Waals surface area contributed by atoms with Gasteiger partial charge in [-0.15, -0.1) is 0 Å². The van der Waals surface area contributed by atoms with Gasteiger partial charge in [-0.25, -0.2) is 0 Å². The molecule has 1 aliphatic rings. The molecule has 1 heterocycles. The number of aryl methyl sites for hydroxylation is 1. The van der Waals surface area contributed by atoms with Crippen molar-refractivity contribution in [2.24, 2.45) is 5.73 Å². The molecule has 2 unspecified atom stereocenters. The monoisotopic (exact) mass is 345 g/mol. The number of hydrogen-bond acceptors (Lipinski definition) is 2. The molecular formula is C18H20BrNO. The third-order valence-corrected chi connectivity index (χ3v) is 4.57. The molecule has 2 aromatic carbocycles. The molecule has 0 amide bonds. The number of halogens is 1. The minimum atomic E-state index is 0.0531. The molecule has 1 aliphatic heterocycles. The van der Waals surface area contributed by atoms with E-state index in [1.165, 1.54) is 16.7 Å². The van der Waals surface area contributed by atoms with Crippen molar-refractivity contribution < 1.29 is 4.74 Å². The smallest absolute Gasteiger partial charge is 0.122 e. The van der Waals surface area contributed by atoms with E-state index in [9.17, 15) is 0 Å². The minimum Gasteiger partial charge on any atom is -0.493 e. The Bertz CT molecular complexity index is 621. The van der Waals surface area contributed by atoms with E-state index in [4.69, 9.17) is 10.5 Å². The molecule has 2 nitrogen and oxygen atoms in total. The number of rotatable bonds is 3. The summed E-state index contributed by atoms with van der Waals surface area (Å²) >= 11 is 3.56. The second-order valence-electron chi connectivity index (χ2n) is 5.78. The molecule has 110 valence electrons. The molecule has 3 rings (SSSR count). The van der Waals surface area contributed by atoms with Gasteiger partial charge in [0.25, 0.3) is 0 Å². The van der Waals surface area contributed by atoms with Gasteiger partial charge in [-0.2, -0.15) is 0 Å². The molecule has 0 fully saturated rings. The fourth-order valence-corrected chi connectivity index (χ4v) is 3.71. The van der Waals surface area contributed by atoms with Crippen molar-refractivity contribution in [2.75, 3.05) is 6.61 Å². The van der Waals surface area contributed by atoms with E-state index in [1.54, 1.807) is 0 Å². The van der Waals surface area contributed by atoms with Crippen molar-refractivity contribution in [1.82, 2.24) is 0 Å². The van der Waals surface area contributed by atoms with Gasteiger partial charge in [0, 0.05) is 10.5 Å². The molecule has 2 aromatic rings.